The van der Waals surface area contributed by atoms with Gasteiger partial charge in [-0.2, -0.15) is 0 Å². The first-order valence-corrected chi connectivity index (χ1v) is 13.1. The number of ether oxygens (including phenoxy) is 2. The lowest BCUT2D eigenvalue weighted by Crippen LogP contribution is -2.42. The number of benzene rings is 2. The molecule has 0 spiro atoms. The highest BCUT2D eigenvalue weighted by Gasteiger charge is 2.61. The zero-order valence-electron chi connectivity index (χ0n) is 21.7. The number of fused-ring (bicyclic) bond motifs is 1. The third-order valence-electron chi connectivity index (χ3n) is 7.38. The van der Waals surface area contributed by atoms with Gasteiger partial charge in [0.15, 0.2) is 0 Å². The van der Waals surface area contributed by atoms with E-state index in [4.69, 9.17) is 9.47 Å². The maximum absolute atomic E-state index is 14.0. The number of methoxy groups -OCH3 is 1. The van der Waals surface area contributed by atoms with Crippen molar-refractivity contribution in [3.8, 4) is 5.75 Å². The highest BCUT2D eigenvalue weighted by atomic mass is 16.5. The van der Waals surface area contributed by atoms with Gasteiger partial charge in [-0.15, -0.1) is 0 Å². The van der Waals surface area contributed by atoms with Crippen LogP contribution in [-0.4, -0.2) is 36.4 Å². The lowest BCUT2D eigenvalue weighted by atomic mass is 9.69. The molecule has 2 amide bonds. The molecule has 4 rings (SSSR count). The Morgan fingerprint density at radius 2 is 1.78 bits per heavy atom. The normalized spacial score (nSPS) is 22.8. The molecular formula is C30H36N2O5. The van der Waals surface area contributed by atoms with Crippen molar-refractivity contribution in [2.24, 2.45) is 11.3 Å². The summed E-state index contributed by atoms with van der Waals surface area (Å²) < 4.78 is 10.9. The van der Waals surface area contributed by atoms with Gasteiger partial charge in [0, 0.05) is 18.7 Å². The Morgan fingerprint density at radius 1 is 1.03 bits per heavy atom. The second kappa shape index (κ2) is 12.1. The van der Waals surface area contributed by atoms with Crippen LogP contribution in [0.25, 0.3) is 0 Å². The number of amides is 2. The van der Waals surface area contributed by atoms with Crippen molar-refractivity contribution >= 4 is 17.8 Å². The highest BCUT2D eigenvalue weighted by Crippen LogP contribution is 2.53. The van der Waals surface area contributed by atoms with Crippen molar-refractivity contribution in [2.45, 2.75) is 58.5 Å². The molecule has 2 aromatic rings. The lowest BCUT2D eigenvalue weighted by Gasteiger charge is -2.34. The second-order valence-electron chi connectivity index (χ2n) is 9.67. The van der Waals surface area contributed by atoms with Gasteiger partial charge in [0.05, 0.1) is 26.2 Å². The summed E-state index contributed by atoms with van der Waals surface area (Å²) in [5.74, 6) is -0.944. The summed E-state index contributed by atoms with van der Waals surface area (Å²) in [7, 11) is 1.61. The van der Waals surface area contributed by atoms with Crippen molar-refractivity contribution in [1.82, 2.24) is 10.2 Å². The van der Waals surface area contributed by atoms with Crippen LogP contribution in [-0.2, 0) is 32.2 Å². The Labute approximate surface area is 218 Å². The smallest absolute Gasteiger partial charge is 0.318 e. The molecule has 1 heterocycles. The van der Waals surface area contributed by atoms with Crippen molar-refractivity contribution < 1.29 is 23.9 Å². The number of esters is 1. The van der Waals surface area contributed by atoms with E-state index >= 15 is 0 Å². The Morgan fingerprint density at radius 3 is 2.49 bits per heavy atom. The van der Waals surface area contributed by atoms with E-state index in [-0.39, 0.29) is 24.8 Å². The molecule has 196 valence electrons. The summed E-state index contributed by atoms with van der Waals surface area (Å²) in [6.45, 7) is 2.67. The molecule has 1 aliphatic carbocycles. The number of likely N-dealkylation sites (tertiary alicyclic amines) is 1. The van der Waals surface area contributed by atoms with Gasteiger partial charge < -0.3 is 19.7 Å². The van der Waals surface area contributed by atoms with Crippen LogP contribution in [0, 0.1) is 11.3 Å². The second-order valence-corrected chi connectivity index (χ2v) is 9.67. The predicted molar refractivity (Wildman–Crippen MR) is 140 cm³/mol. The fourth-order valence-corrected chi connectivity index (χ4v) is 5.50. The molecule has 2 atom stereocenters. The topological polar surface area (TPSA) is 84.9 Å². The Bertz CT molecular complexity index is 1130. The molecule has 1 N–H and O–H groups in total. The zero-order valence-corrected chi connectivity index (χ0v) is 21.7. The van der Waals surface area contributed by atoms with Crippen LogP contribution in [0.5, 0.6) is 5.75 Å². The van der Waals surface area contributed by atoms with Crippen LogP contribution in [0.2, 0.25) is 0 Å². The largest absolute Gasteiger partial charge is 0.497 e. The third-order valence-corrected chi connectivity index (χ3v) is 7.38. The van der Waals surface area contributed by atoms with Gasteiger partial charge in [0.25, 0.3) is 0 Å². The van der Waals surface area contributed by atoms with Crippen LogP contribution in [0.1, 0.15) is 56.6 Å². The zero-order chi connectivity index (χ0) is 26.3. The molecule has 37 heavy (non-hydrogen) atoms. The first-order chi connectivity index (χ1) is 18.0. The predicted octanol–water partition coefficient (Wildman–Crippen LogP) is 4.76. The Kier molecular flexibility index (Phi) is 8.64. The number of carbonyl (C=O) groups excluding carboxylic acids is 3. The number of rotatable bonds is 9. The summed E-state index contributed by atoms with van der Waals surface area (Å²) in [5, 5.41) is 2.94. The lowest BCUT2D eigenvalue weighted by molar-refractivity contribution is -0.158. The molecule has 1 saturated heterocycles. The fraction of sp³-hybridized carbons (Fsp3) is 0.433. The molecule has 7 heteroatoms. The maximum Gasteiger partial charge on any atom is 0.318 e. The third kappa shape index (κ3) is 5.71. The highest BCUT2D eigenvalue weighted by molar-refractivity contribution is 5.98. The van der Waals surface area contributed by atoms with E-state index in [2.05, 4.69) is 5.32 Å². The molecule has 0 aromatic heterocycles. The summed E-state index contributed by atoms with van der Waals surface area (Å²) in [4.78, 5) is 42.5. The molecule has 1 fully saturated rings. The monoisotopic (exact) mass is 504 g/mol. The molecule has 2 aliphatic rings. The van der Waals surface area contributed by atoms with Gasteiger partial charge in [-0.05, 0) is 49.4 Å². The average molecular weight is 505 g/mol. The van der Waals surface area contributed by atoms with Gasteiger partial charge >= 0.3 is 5.97 Å². The van der Waals surface area contributed by atoms with Crippen molar-refractivity contribution in [2.75, 3.05) is 13.7 Å². The number of nitrogens with zero attached hydrogens (tertiary/aromatic N) is 1. The van der Waals surface area contributed by atoms with Gasteiger partial charge in [-0.25, -0.2) is 0 Å². The van der Waals surface area contributed by atoms with Crippen molar-refractivity contribution in [3.63, 3.8) is 0 Å². The minimum absolute atomic E-state index is 0.0685. The summed E-state index contributed by atoms with van der Waals surface area (Å²) in [5.41, 5.74) is 1.42. The molecule has 0 unspecified atom stereocenters. The first-order valence-electron chi connectivity index (χ1n) is 13.1. The quantitative estimate of drug-likeness (QED) is 0.498. The van der Waals surface area contributed by atoms with Crippen molar-refractivity contribution in [3.05, 3.63) is 77.5 Å². The van der Waals surface area contributed by atoms with Gasteiger partial charge in [-0.1, -0.05) is 61.4 Å². The van der Waals surface area contributed by atoms with E-state index in [0.29, 0.717) is 25.2 Å². The van der Waals surface area contributed by atoms with Crippen molar-refractivity contribution in [1.29, 1.82) is 0 Å². The first kappa shape index (κ1) is 26.5. The van der Waals surface area contributed by atoms with E-state index in [1.165, 1.54) is 0 Å². The number of nitrogens with one attached hydrogen (secondary N) is 1. The van der Waals surface area contributed by atoms with E-state index in [0.717, 1.165) is 42.6 Å². The van der Waals surface area contributed by atoms with Crippen LogP contribution >= 0.6 is 0 Å². The SMILES string of the molecule is CCOC(=O)[C@]12CCCCC/C=C\1N(Cc1ccc(OC)cc1)C(=O)[C@H]2CC(=O)NCc1ccccc1. The van der Waals surface area contributed by atoms with Crippen LogP contribution in [0.4, 0.5) is 0 Å². The van der Waals surface area contributed by atoms with E-state index in [9.17, 15) is 14.4 Å². The number of carbonyl (C=O) groups is 3. The Balaban J connectivity index is 1.66. The van der Waals surface area contributed by atoms with E-state index in [1.807, 2.05) is 60.7 Å². The molecule has 7 nitrogen and oxygen atoms in total. The molecular weight excluding hydrogens is 468 g/mol. The molecule has 0 saturated carbocycles. The van der Waals surface area contributed by atoms with Gasteiger partial charge in [0.1, 0.15) is 11.2 Å². The average Bonchev–Trinajstić information content (AvgIpc) is 3.10. The van der Waals surface area contributed by atoms with Crippen LogP contribution in [0.3, 0.4) is 0 Å². The fourth-order valence-electron chi connectivity index (χ4n) is 5.50. The molecule has 1 aliphatic heterocycles. The maximum atomic E-state index is 14.0. The number of allylic oxidation sites excluding steroid dienone is 1. The molecule has 0 bridgehead atoms. The molecule has 2 aromatic carbocycles. The number of hydrogen-bond donors (Lipinski definition) is 1. The van der Waals surface area contributed by atoms with Gasteiger partial charge in [-0.3, -0.25) is 14.4 Å². The minimum atomic E-state index is -1.16. The standard InChI is InChI=1S/C30H36N2O5/c1-3-37-29(35)30-18-10-5-4-9-13-26(30)32(21-23-14-16-24(36-2)17-15-23)28(34)25(30)19-27(33)31-20-22-11-7-6-8-12-22/h6-8,11-17,25H,3-5,9-10,18-21H2,1-2H3,(H,31,33)/b26-13+/t25-,30+/m1/s1. The van der Waals surface area contributed by atoms with Crippen LogP contribution < -0.4 is 10.1 Å². The summed E-state index contributed by atoms with van der Waals surface area (Å²) >= 11 is 0. The minimum Gasteiger partial charge on any atom is -0.497 e. The molecule has 0 radical (unpaired) electrons. The van der Waals surface area contributed by atoms with E-state index < -0.39 is 17.3 Å². The van der Waals surface area contributed by atoms with Gasteiger partial charge in [0.2, 0.25) is 11.8 Å². The Hall–Kier alpha value is -3.61. The summed E-state index contributed by atoms with van der Waals surface area (Å²) in [6.07, 6.45) is 5.97. The van der Waals surface area contributed by atoms with E-state index in [1.54, 1.807) is 18.9 Å². The number of hydrogen-bond acceptors (Lipinski definition) is 5. The summed E-state index contributed by atoms with van der Waals surface area (Å²) in [6, 6.07) is 17.2. The van der Waals surface area contributed by atoms with Crippen LogP contribution in [0.15, 0.2) is 66.4 Å².